The van der Waals surface area contributed by atoms with Crippen molar-refractivity contribution in [1.82, 2.24) is 0 Å². The van der Waals surface area contributed by atoms with Gasteiger partial charge in [-0.05, 0) is 74.8 Å². The molecule has 2 nitrogen and oxygen atoms in total. The Bertz CT molecular complexity index is 716. The van der Waals surface area contributed by atoms with Crippen LogP contribution < -0.4 is 4.74 Å². The molecule has 0 aromatic heterocycles. The third kappa shape index (κ3) is 6.54. The van der Waals surface area contributed by atoms with Crippen LogP contribution in [0.3, 0.4) is 0 Å². The van der Waals surface area contributed by atoms with Crippen LogP contribution >= 0.6 is 0 Å². The van der Waals surface area contributed by atoms with E-state index in [-0.39, 0.29) is 23.0 Å². The van der Waals surface area contributed by atoms with Crippen molar-refractivity contribution in [2.45, 2.75) is 104 Å². The molecule has 1 aromatic rings. The van der Waals surface area contributed by atoms with Gasteiger partial charge in [0.1, 0.15) is 0 Å². The van der Waals surface area contributed by atoms with E-state index in [0.717, 1.165) is 56.8 Å². The van der Waals surface area contributed by atoms with Gasteiger partial charge in [-0.2, -0.15) is 4.39 Å². The molecular weight excluding hydrogens is 406 g/mol. The molecule has 0 amide bonds. The highest BCUT2D eigenvalue weighted by Crippen LogP contribution is 2.43. The number of Topliss-reactive ketones (excluding diaryl/α,β-unsaturated/α-hetero) is 1. The third-order valence-electron chi connectivity index (χ3n) is 7.98. The quantitative estimate of drug-likeness (QED) is 0.250. The Kier molecular flexibility index (Phi) is 9.99. The first kappa shape index (κ1) is 25.2. The molecular formula is C28H42F2O2. The molecule has 32 heavy (non-hydrogen) atoms. The fraction of sp³-hybridized carbons (Fsp3) is 0.750. The number of carbonyl (C=O) groups excluding carboxylic acids is 1. The zero-order valence-corrected chi connectivity index (χ0v) is 20.1. The lowest BCUT2D eigenvalue weighted by atomic mass is 9.68. The molecule has 0 aliphatic heterocycles. The summed E-state index contributed by atoms with van der Waals surface area (Å²) in [7, 11) is 0. The van der Waals surface area contributed by atoms with Crippen LogP contribution in [-0.2, 0) is 0 Å². The Labute approximate surface area is 193 Å². The number of halogens is 2. The van der Waals surface area contributed by atoms with Crippen molar-refractivity contribution in [2.75, 3.05) is 6.61 Å². The topological polar surface area (TPSA) is 26.3 Å². The molecule has 180 valence electrons. The minimum absolute atomic E-state index is 0.0894. The van der Waals surface area contributed by atoms with Crippen LogP contribution in [0.15, 0.2) is 12.1 Å². The molecule has 0 unspecified atom stereocenters. The third-order valence-corrected chi connectivity index (χ3v) is 7.98. The first-order valence-corrected chi connectivity index (χ1v) is 13.2. The lowest BCUT2D eigenvalue weighted by Crippen LogP contribution is -2.28. The molecule has 0 N–H and O–H groups in total. The number of hydrogen-bond donors (Lipinski definition) is 0. The van der Waals surface area contributed by atoms with Gasteiger partial charge < -0.3 is 4.74 Å². The van der Waals surface area contributed by atoms with E-state index in [9.17, 15) is 13.6 Å². The molecule has 0 heterocycles. The Hall–Kier alpha value is -1.45. The normalized spacial score (nSPS) is 26.1. The van der Waals surface area contributed by atoms with Crippen molar-refractivity contribution in [2.24, 2.45) is 23.7 Å². The second kappa shape index (κ2) is 12.7. The largest absolute Gasteiger partial charge is 0.490 e. The van der Waals surface area contributed by atoms with Gasteiger partial charge in [0.15, 0.2) is 17.3 Å². The molecule has 4 heteroatoms. The average molecular weight is 449 g/mol. The van der Waals surface area contributed by atoms with Gasteiger partial charge in [0, 0.05) is 5.92 Å². The maximum absolute atomic E-state index is 14.7. The summed E-state index contributed by atoms with van der Waals surface area (Å²) in [6, 6.07) is 2.83. The monoisotopic (exact) mass is 448 g/mol. The summed E-state index contributed by atoms with van der Waals surface area (Å²) in [5.41, 5.74) is -0.108. The maximum atomic E-state index is 14.7. The fourth-order valence-electron chi connectivity index (χ4n) is 5.88. The zero-order valence-electron chi connectivity index (χ0n) is 20.1. The van der Waals surface area contributed by atoms with Gasteiger partial charge in [0.05, 0.1) is 12.2 Å². The predicted molar refractivity (Wildman–Crippen MR) is 126 cm³/mol. The average Bonchev–Trinajstić information content (AvgIpc) is 2.83. The number of ether oxygens (including phenoxy) is 1. The van der Waals surface area contributed by atoms with E-state index in [2.05, 4.69) is 13.8 Å². The summed E-state index contributed by atoms with van der Waals surface area (Å²) in [5.74, 6) is -0.169. The van der Waals surface area contributed by atoms with Gasteiger partial charge >= 0.3 is 0 Å². The number of unbranched alkanes of at least 4 members (excludes halogenated alkanes) is 3. The molecule has 0 radical (unpaired) electrons. The van der Waals surface area contributed by atoms with Crippen LogP contribution in [0.25, 0.3) is 0 Å². The summed E-state index contributed by atoms with van der Waals surface area (Å²) in [4.78, 5) is 13.0. The minimum atomic E-state index is -1.05. The Morgan fingerprint density at radius 2 is 1.47 bits per heavy atom. The lowest BCUT2D eigenvalue weighted by molar-refractivity contribution is 0.0823. The summed E-state index contributed by atoms with van der Waals surface area (Å²) >= 11 is 0. The van der Waals surface area contributed by atoms with Gasteiger partial charge in [-0.3, -0.25) is 4.79 Å². The SMILES string of the molecule is CCCCCOc1ccc(C(=O)C2CCC(C3CCC(CCCC)CC3)CC2)c(F)c1F. The van der Waals surface area contributed by atoms with Crippen LogP contribution in [0, 0.1) is 35.3 Å². The summed E-state index contributed by atoms with van der Waals surface area (Å²) < 4.78 is 34.5. The predicted octanol–water partition coefficient (Wildman–Crippen LogP) is 8.52. The fourth-order valence-corrected chi connectivity index (χ4v) is 5.88. The van der Waals surface area contributed by atoms with Crippen LogP contribution in [0.4, 0.5) is 8.78 Å². The van der Waals surface area contributed by atoms with Crippen molar-refractivity contribution in [3.63, 3.8) is 0 Å². The van der Waals surface area contributed by atoms with Gasteiger partial charge in [0.2, 0.25) is 5.82 Å². The van der Waals surface area contributed by atoms with Gasteiger partial charge in [-0.15, -0.1) is 0 Å². The van der Waals surface area contributed by atoms with Crippen LogP contribution in [0.1, 0.15) is 114 Å². The van der Waals surface area contributed by atoms with Crippen molar-refractivity contribution in [3.05, 3.63) is 29.3 Å². The van der Waals surface area contributed by atoms with E-state index in [1.54, 1.807) is 0 Å². The highest BCUT2D eigenvalue weighted by atomic mass is 19.2. The van der Waals surface area contributed by atoms with Crippen molar-refractivity contribution in [1.29, 1.82) is 0 Å². The molecule has 0 saturated heterocycles. The van der Waals surface area contributed by atoms with Crippen molar-refractivity contribution in [3.8, 4) is 5.75 Å². The molecule has 0 atom stereocenters. The molecule has 2 saturated carbocycles. The van der Waals surface area contributed by atoms with E-state index in [1.807, 2.05) is 0 Å². The standard InChI is InChI=1S/C28H42F2O2/c1-3-5-7-19-32-25-18-17-24(26(29)27(25)30)28(31)23-15-13-22(14-16-23)21-11-9-20(10-12-21)8-6-4-2/h17-18,20-23H,3-16,19H2,1-2H3. The molecule has 2 aliphatic rings. The highest BCUT2D eigenvalue weighted by Gasteiger charge is 2.34. The lowest BCUT2D eigenvalue weighted by Gasteiger charge is -2.37. The van der Waals surface area contributed by atoms with Crippen LogP contribution in [0.5, 0.6) is 5.75 Å². The molecule has 3 rings (SSSR count). The second-order valence-corrected chi connectivity index (χ2v) is 10.2. The van der Waals surface area contributed by atoms with Crippen molar-refractivity contribution < 1.29 is 18.3 Å². The first-order chi connectivity index (χ1) is 15.5. The zero-order chi connectivity index (χ0) is 22.9. The van der Waals surface area contributed by atoms with E-state index < -0.39 is 11.6 Å². The van der Waals surface area contributed by atoms with E-state index in [0.29, 0.717) is 12.5 Å². The van der Waals surface area contributed by atoms with Crippen LogP contribution in [0.2, 0.25) is 0 Å². The minimum Gasteiger partial charge on any atom is -0.490 e. The summed E-state index contributed by atoms with van der Waals surface area (Å²) in [6.45, 7) is 4.71. The maximum Gasteiger partial charge on any atom is 0.201 e. The van der Waals surface area contributed by atoms with E-state index >= 15 is 0 Å². The summed E-state index contributed by atoms with van der Waals surface area (Å²) in [5, 5.41) is 0. The van der Waals surface area contributed by atoms with Crippen LogP contribution in [-0.4, -0.2) is 12.4 Å². The smallest absolute Gasteiger partial charge is 0.201 e. The molecule has 2 fully saturated rings. The second-order valence-electron chi connectivity index (χ2n) is 10.2. The Balaban J connectivity index is 1.49. The van der Waals surface area contributed by atoms with Crippen molar-refractivity contribution >= 4 is 5.78 Å². The number of hydrogen-bond acceptors (Lipinski definition) is 2. The molecule has 0 bridgehead atoms. The van der Waals surface area contributed by atoms with Gasteiger partial charge in [-0.1, -0.05) is 58.8 Å². The number of ketones is 1. The number of benzene rings is 1. The first-order valence-electron chi connectivity index (χ1n) is 13.2. The highest BCUT2D eigenvalue weighted by molar-refractivity contribution is 5.98. The molecule has 1 aromatic carbocycles. The Morgan fingerprint density at radius 3 is 2.09 bits per heavy atom. The van der Waals surface area contributed by atoms with Gasteiger partial charge in [0.25, 0.3) is 0 Å². The number of rotatable bonds is 11. The number of carbonyl (C=O) groups is 1. The summed E-state index contributed by atoms with van der Waals surface area (Å²) in [6.07, 6.45) is 15.9. The van der Waals surface area contributed by atoms with E-state index in [1.165, 1.54) is 57.1 Å². The Morgan fingerprint density at radius 1 is 0.844 bits per heavy atom. The van der Waals surface area contributed by atoms with Gasteiger partial charge in [-0.25, -0.2) is 4.39 Å². The van der Waals surface area contributed by atoms with E-state index in [4.69, 9.17) is 4.74 Å². The molecule has 0 spiro atoms. The molecule has 2 aliphatic carbocycles.